The van der Waals surface area contributed by atoms with Crippen molar-refractivity contribution in [3.8, 4) is 44.9 Å². The molecule has 7 aromatic carbocycles. The molecule has 0 bridgehead atoms. The number of hydrogen-bond donors (Lipinski definition) is 2. The predicted molar refractivity (Wildman–Crippen MR) is 250 cm³/mol. The third-order valence-electron chi connectivity index (χ3n) is 9.57. The van der Waals surface area contributed by atoms with Crippen molar-refractivity contribution in [1.82, 2.24) is 9.78 Å². The molecule has 0 aliphatic carbocycles. The molecule has 0 spiro atoms. The Morgan fingerprint density at radius 2 is 1.28 bits per heavy atom. The SMILES string of the molecule is Brc1ccccc1N/N=C(\Cc1ccccc1)c1ccccc1.C.CCc1c(-c2ccccc2)c(-c2ccccc2)nn1-c1ccccc1-c1cccc(OCC(=O)O)c1. The number of aliphatic carboxylic acids is 1. The second-order valence-electron chi connectivity index (χ2n) is 13.6. The number of nitrogens with one attached hydrogen (secondary N) is 1. The first-order valence-corrected chi connectivity index (χ1v) is 20.2. The highest BCUT2D eigenvalue weighted by atomic mass is 79.9. The summed E-state index contributed by atoms with van der Waals surface area (Å²) in [5, 5.41) is 18.8. The number of hydrazone groups is 1. The number of carboxylic acid groups (broad SMARTS) is 1. The van der Waals surface area contributed by atoms with E-state index in [0.29, 0.717) is 5.75 Å². The normalized spacial score (nSPS) is 10.8. The number of anilines is 1. The van der Waals surface area contributed by atoms with Crippen LogP contribution >= 0.6 is 15.9 Å². The molecule has 300 valence electrons. The first-order valence-electron chi connectivity index (χ1n) is 19.4. The molecule has 1 heterocycles. The van der Waals surface area contributed by atoms with E-state index < -0.39 is 5.97 Å². The molecule has 0 amide bonds. The minimum Gasteiger partial charge on any atom is -0.482 e. The van der Waals surface area contributed by atoms with Crippen LogP contribution in [0.25, 0.3) is 39.2 Å². The zero-order chi connectivity index (χ0) is 40.8. The highest BCUT2D eigenvalue weighted by molar-refractivity contribution is 9.10. The van der Waals surface area contributed by atoms with Crippen molar-refractivity contribution >= 4 is 33.3 Å². The lowest BCUT2D eigenvalue weighted by molar-refractivity contribution is -0.139. The van der Waals surface area contributed by atoms with Gasteiger partial charge in [0.2, 0.25) is 0 Å². The van der Waals surface area contributed by atoms with Gasteiger partial charge in [-0.3, -0.25) is 5.43 Å². The average molecular weight is 856 g/mol. The van der Waals surface area contributed by atoms with Gasteiger partial charge < -0.3 is 9.84 Å². The fraction of sp³-hybridized carbons (Fsp3) is 0.0962. The van der Waals surface area contributed by atoms with Crippen LogP contribution in [0.4, 0.5) is 5.69 Å². The van der Waals surface area contributed by atoms with Crippen LogP contribution in [0.3, 0.4) is 0 Å². The van der Waals surface area contributed by atoms with Crippen LogP contribution < -0.4 is 10.2 Å². The van der Waals surface area contributed by atoms with Gasteiger partial charge in [0.15, 0.2) is 6.61 Å². The Kier molecular flexibility index (Phi) is 15.0. The Morgan fingerprint density at radius 3 is 1.95 bits per heavy atom. The molecule has 0 radical (unpaired) electrons. The first-order chi connectivity index (χ1) is 29.0. The summed E-state index contributed by atoms with van der Waals surface area (Å²) in [5.74, 6) is -0.498. The van der Waals surface area contributed by atoms with E-state index >= 15 is 0 Å². The van der Waals surface area contributed by atoms with Crippen molar-refractivity contribution in [2.45, 2.75) is 27.2 Å². The monoisotopic (exact) mass is 854 g/mol. The molecule has 8 heteroatoms. The van der Waals surface area contributed by atoms with Gasteiger partial charge in [-0.25, -0.2) is 9.48 Å². The Morgan fingerprint density at radius 1 is 0.700 bits per heavy atom. The molecular weight excluding hydrogens is 809 g/mol. The highest BCUT2D eigenvalue weighted by Gasteiger charge is 2.22. The zero-order valence-corrected chi connectivity index (χ0v) is 34.2. The lowest BCUT2D eigenvalue weighted by Gasteiger charge is -2.14. The molecule has 8 rings (SSSR count). The van der Waals surface area contributed by atoms with E-state index in [0.717, 1.165) is 79.2 Å². The van der Waals surface area contributed by atoms with Gasteiger partial charge in [-0.05, 0) is 74.9 Å². The van der Waals surface area contributed by atoms with E-state index in [4.69, 9.17) is 14.9 Å². The summed E-state index contributed by atoms with van der Waals surface area (Å²) in [4.78, 5) is 11.0. The summed E-state index contributed by atoms with van der Waals surface area (Å²) >= 11 is 3.54. The molecule has 0 aliphatic rings. The molecular formula is C52H47BrN4O3. The van der Waals surface area contributed by atoms with Crippen LogP contribution in [-0.4, -0.2) is 33.2 Å². The summed E-state index contributed by atoms with van der Waals surface area (Å²) in [5.41, 5.74) is 15.7. The standard InChI is InChI=1S/C31H26N2O3.C20H17BrN2.CH4/c1-2-27-30(22-12-5-3-6-13-22)31(23-14-7-4-8-15-23)32-33(27)28-19-10-9-18-26(28)24-16-11-17-25(20-24)36-21-29(34)35;21-18-13-7-8-14-19(18)22-23-20(17-11-5-2-6-12-17)15-16-9-3-1-4-10-16;/h3-20H,2,21H2,1H3,(H,34,35);1-14,22H,15H2;1H4/b;23-20+;. The quantitative estimate of drug-likeness (QED) is 0.0891. The van der Waals surface area contributed by atoms with Crippen LogP contribution in [-0.2, 0) is 17.6 Å². The summed E-state index contributed by atoms with van der Waals surface area (Å²) in [6.07, 6.45) is 1.57. The number of rotatable bonds is 13. The number of hydrogen-bond acceptors (Lipinski definition) is 5. The van der Waals surface area contributed by atoms with E-state index in [1.54, 1.807) is 6.07 Å². The van der Waals surface area contributed by atoms with Crippen molar-refractivity contribution in [3.63, 3.8) is 0 Å². The minimum atomic E-state index is -1.01. The molecule has 0 aliphatic heterocycles. The second kappa shape index (κ2) is 21.1. The molecule has 60 heavy (non-hydrogen) atoms. The first kappa shape index (κ1) is 42.6. The fourth-order valence-electron chi connectivity index (χ4n) is 6.79. The Balaban J connectivity index is 0.000000218. The van der Waals surface area contributed by atoms with Gasteiger partial charge in [-0.2, -0.15) is 10.2 Å². The predicted octanol–water partition coefficient (Wildman–Crippen LogP) is 13.0. The number of carboxylic acids is 1. The van der Waals surface area contributed by atoms with Gasteiger partial charge in [-0.1, -0.05) is 178 Å². The van der Waals surface area contributed by atoms with Crippen molar-refractivity contribution in [2.24, 2.45) is 5.10 Å². The molecule has 0 atom stereocenters. The number of aromatic nitrogens is 2. The van der Waals surface area contributed by atoms with E-state index in [9.17, 15) is 4.79 Å². The number of ether oxygens (including phenoxy) is 1. The smallest absolute Gasteiger partial charge is 0.341 e. The third-order valence-corrected chi connectivity index (χ3v) is 10.3. The minimum absolute atomic E-state index is 0. The summed E-state index contributed by atoms with van der Waals surface area (Å²) in [6.45, 7) is 1.77. The van der Waals surface area contributed by atoms with Gasteiger partial charge >= 0.3 is 5.97 Å². The van der Waals surface area contributed by atoms with Gasteiger partial charge in [0.1, 0.15) is 11.4 Å². The molecule has 2 N–H and O–H groups in total. The molecule has 7 nitrogen and oxygen atoms in total. The van der Waals surface area contributed by atoms with Crippen LogP contribution in [0.2, 0.25) is 0 Å². The van der Waals surface area contributed by atoms with Crippen molar-refractivity contribution in [2.75, 3.05) is 12.0 Å². The van der Waals surface area contributed by atoms with E-state index in [1.807, 2.05) is 108 Å². The number of halogens is 1. The molecule has 1 aromatic heterocycles. The van der Waals surface area contributed by atoms with Gasteiger partial charge in [0.05, 0.1) is 22.8 Å². The van der Waals surface area contributed by atoms with Crippen LogP contribution in [0.15, 0.2) is 204 Å². The van der Waals surface area contributed by atoms with E-state index in [2.05, 4.69) is 118 Å². The number of para-hydroxylation sites is 2. The average Bonchev–Trinajstić information content (AvgIpc) is 3.69. The Labute approximate surface area is 360 Å². The number of benzene rings is 7. The largest absolute Gasteiger partial charge is 0.482 e. The molecule has 0 saturated heterocycles. The topological polar surface area (TPSA) is 88.7 Å². The second-order valence-corrected chi connectivity index (χ2v) is 14.4. The third kappa shape index (κ3) is 10.7. The van der Waals surface area contributed by atoms with Gasteiger partial charge in [0.25, 0.3) is 0 Å². The number of nitrogens with zero attached hydrogens (tertiary/aromatic N) is 3. The Bertz CT molecular complexity index is 2630. The van der Waals surface area contributed by atoms with Crippen LogP contribution in [0.1, 0.15) is 31.2 Å². The lowest BCUT2D eigenvalue weighted by atomic mass is 9.97. The van der Waals surface area contributed by atoms with Crippen molar-refractivity contribution < 1.29 is 14.6 Å². The molecule has 0 saturated carbocycles. The maximum atomic E-state index is 11.0. The van der Waals surface area contributed by atoms with Crippen molar-refractivity contribution in [3.05, 3.63) is 215 Å². The number of carbonyl (C=O) groups is 1. The van der Waals surface area contributed by atoms with E-state index in [-0.39, 0.29) is 14.0 Å². The molecule has 8 aromatic rings. The summed E-state index contributed by atoms with van der Waals surface area (Å²) < 4.78 is 8.48. The Hall–Kier alpha value is -7.03. The van der Waals surface area contributed by atoms with Crippen molar-refractivity contribution in [1.29, 1.82) is 0 Å². The fourth-order valence-corrected chi connectivity index (χ4v) is 7.16. The molecule has 0 unspecified atom stereocenters. The van der Waals surface area contributed by atoms with Gasteiger partial charge in [-0.15, -0.1) is 0 Å². The van der Waals surface area contributed by atoms with E-state index in [1.165, 1.54) is 5.56 Å². The maximum Gasteiger partial charge on any atom is 0.341 e. The summed E-state index contributed by atoms with van der Waals surface area (Å²) in [6, 6.07) is 64.9. The van der Waals surface area contributed by atoms with Gasteiger partial charge in [0, 0.05) is 27.6 Å². The lowest BCUT2D eigenvalue weighted by Crippen LogP contribution is -2.09. The summed E-state index contributed by atoms with van der Waals surface area (Å²) in [7, 11) is 0. The highest BCUT2D eigenvalue weighted by Crippen LogP contribution is 2.38. The maximum absolute atomic E-state index is 11.0. The zero-order valence-electron chi connectivity index (χ0n) is 32.6. The van der Waals surface area contributed by atoms with Crippen LogP contribution in [0.5, 0.6) is 5.75 Å². The molecule has 0 fully saturated rings. The van der Waals surface area contributed by atoms with Crippen LogP contribution in [0, 0.1) is 0 Å².